The highest BCUT2D eigenvalue weighted by molar-refractivity contribution is 7.89. The summed E-state index contributed by atoms with van der Waals surface area (Å²) < 4.78 is 64.1. The molecule has 9 heteroatoms. The van der Waals surface area contributed by atoms with Crippen molar-refractivity contribution in [2.45, 2.75) is 24.0 Å². The smallest absolute Gasteiger partial charge is 0.334 e. The summed E-state index contributed by atoms with van der Waals surface area (Å²) in [6, 6.07) is 8.82. The Morgan fingerprint density at radius 1 is 1.07 bits per heavy atom. The lowest BCUT2D eigenvalue weighted by atomic mass is 9.99. The number of nitrogens with one attached hydrogen (secondary N) is 1. The minimum atomic E-state index is -4.46. The third-order valence-corrected chi connectivity index (χ3v) is 5.93. The molecule has 2 aromatic carbocycles. The van der Waals surface area contributed by atoms with E-state index in [1.807, 2.05) is 0 Å². The van der Waals surface area contributed by atoms with Crippen LogP contribution in [-0.2, 0) is 29.2 Å². The molecule has 0 aromatic heterocycles. The molecule has 1 N–H and O–H groups in total. The second kappa shape index (κ2) is 6.97. The first-order valence-electron chi connectivity index (χ1n) is 8.14. The monoisotopic (exact) mass is 398 g/mol. The Hall–Kier alpha value is -2.39. The molecule has 0 unspecified atom stereocenters. The van der Waals surface area contributed by atoms with Crippen LogP contribution in [0.25, 0.3) is 0 Å². The highest BCUT2D eigenvalue weighted by Gasteiger charge is 2.31. The molecule has 5 nitrogen and oxygen atoms in total. The van der Waals surface area contributed by atoms with Crippen molar-refractivity contribution in [1.82, 2.24) is 9.62 Å². The number of halogens is 3. The van der Waals surface area contributed by atoms with Gasteiger partial charge in [0, 0.05) is 18.7 Å². The van der Waals surface area contributed by atoms with E-state index in [9.17, 15) is 26.4 Å². The van der Waals surface area contributed by atoms with Crippen LogP contribution in [0.3, 0.4) is 0 Å². The van der Waals surface area contributed by atoms with Crippen LogP contribution in [0.5, 0.6) is 0 Å². The second-order valence-electron chi connectivity index (χ2n) is 6.19. The van der Waals surface area contributed by atoms with E-state index in [0.717, 1.165) is 29.8 Å². The average Bonchev–Trinajstić information content (AvgIpc) is 2.66. The standard InChI is InChI=1S/C18H17F3N2O3S/c1-22-27(25,26)16-7-4-12-8-9-23(11-14(12)10-16)17(24)13-2-5-15(6-3-13)18(19,20)21/h2-7,10,22H,8-9,11H2,1H3. The Balaban J connectivity index is 1.82. The van der Waals surface area contributed by atoms with E-state index >= 15 is 0 Å². The van der Waals surface area contributed by atoms with Crippen molar-refractivity contribution in [1.29, 1.82) is 0 Å². The van der Waals surface area contributed by atoms with Crippen molar-refractivity contribution in [3.8, 4) is 0 Å². The minimum absolute atomic E-state index is 0.104. The van der Waals surface area contributed by atoms with Gasteiger partial charge >= 0.3 is 6.18 Å². The van der Waals surface area contributed by atoms with Gasteiger partial charge in [-0.15, -0.1) is 0 Å². The molecule has 0 radical (unpaired) electrons. The highest BCUT2D eigenvalue weighted by atomic mass is 32.2. The molecule has 0 fully saturated rings. The van der Waals surface area contributed by atoms with Crippen LogP contribution in [0.15, 0.2) is 47.4 Å². The van der Waals surface area contributed by atoms with Gasteiger partial charge in [-0.2, -0.15) is 13.2 Å². The number of benzene rings is 2. The fraction of sp³-hybridized carbons (Fsp3) is 0.278. The fourth-order valence-corrected chi connectivity index (χ4v) is 3.76. The molecular weight excluding hydrogens is 381 g/mol. The fourth-order valence-electron chi connectivity index (χ4n) is 2.98. The second-order valence-corrected chi connectivity index (χ2v) is 8.08. The Bertz CT molecular complexity index is 970. The van der Waals surface area contributed by atoms with Gasteiger partial charge in [-0.25, -0.2) is 13.1 Å². The SMILES string of the molecule is CNS(=O)(=O)c1ccc2c(c1)CN(C(=O)c1ccc(C(F)(F)F)cc1)CC2. The third kappa shape index (κ3) is 3.98. The van der Waals surface area contributed by atoms with Crippen LogP contribution in [0, 0.1) is 0 Å². The number of nitrogens with zero attached hydrogens (tertiary/aromatic N) is 1. The lowest BCUT2D eigenvalue weighted by Gasteiger charge is -2.29. The highest BCUT2D eigenvalue weighted by Crippen LogP contribution is 2.29. The molecule has 0 atom stereocenters. The van der Waals surface area contributed by atoms with Crippen LogP contribution in [0.4, 0.5) is 13.2 Å². The van der Waals surface area contributed by atoms with Crippen LogP contribution >= 0.6 is 0 Å². The van der Waals surface area contributed by atoms with E-state index in [4.69, 9.17) is 0 Å². The van der Waals surface area contributed by atoms with E-state index in [1.165, 1.54) is 24.1 Å². The number of carbonyl (C=O) groups is 1. The molecule has 0 aliphatic carbocycles. The largest absolute Gasteiger partial charge is 0.416 e. The number of fused-ring (bicyclic) bond motifs is 1. The molecule has 27 heavy (non-hydrogen) atoms. The molecule has 1 amide bonds. The number of hydrogen-bond donors (Lipinski definition) is 1. The zero-order chi connectivity index (χ0) is 19.8. The average molecular weight is 398 g/mol. The summed E-state index contributed by atoms with van der Waals surface area (Å²) in [6.07, 6.45) is -3.91. The van der Waals surface area contributed by atoms with Gasteiger partial charge in [0.25, 0.3) is 5.91 Å². The molecule has 1 aliphatic heterocycles. The van der Waals surface area contributed by atoms with Gasteiger partial charge in [-0.1, -0.05) is 6.07 Å². The summed E-state index contributed by atoms with van der Waals surface area (Å²) >= 11 is 0. The zero-order valence-corrected chi connectivity index (χ0v) is 15.2. The van der Waals surface area contributed by atoms with Crippen molar-refractivity contribution in [2.24, 2.45) is 0 Å². The quantitative estimate of drug-likeness (QED) is 0.865. The summed E-state index contributed by atoms with van der Waals surface area (Å²) in [5.74, 6) is -0.392. The van der Waals surface area contributed by atoms with Crippen LogP contribution < -0.4 is 4.72 Å². The van der Waals surface area contributed by atoms with E-state index in [-0.39, 0.29) is 17.0 Å². The van der Waals surface area contributed by atoms with Crippen molar-refractivity contribution >= 4 is 15.9 Å². The van der Waals surface area contributed by atoms with Crippen molar-refractivity contribution < 1.29 is 26.4 Å². The number of hydrogen-bond acceptors (Lipinski definition) is 3. The summed E-state index contributed by atoms with van der Waals surface area (Å²) in [5, 5.41) is 0. The van der Waals surface area contributed by atoms with Crippen molar-refractivity contribution in [2.75, 3.05) is 13.6 Å². The number of rotatable bonds is 3. The number of carbonyl (C=O) groups excluding carboxylic acids is 1. The summed E-state index contributed by atoms with van der Waals surface area (Å²) in [6.45, 7) is 0.604. The zero-order valence-electron chi connectivity index (χ0n) is 14.4. The molecule has 3 rings (SSSR count). The minimum Gasteiger partial charge on any atom is -0.334 e. The molecule has 1 heterocycles. The Morgan fingerprint density at radius 3 is 2.33 bits per heavy atom. The molecular formula is C18H17F3N2O3S. The lowest BCUT2D eigenvalue weighted by molar-refractivity contribution is -0.137. The normalized spacial score (nSPS) is 14.7. The summed E-state index contributed by atoms with van der Waals surface area (Å²) in [5.41, 5.74) is 0.995. The van der Waals surface area contributed by atoms with E-state index in [2.05, 4.69) is 4.72 Å². The molecule has 0 saturated carbocycles. The first-order valence-corrected chi connectivity index (χ1v) is 9.62. The predicted octanol–water partition coefficient (Wildman–Crippen LogP) is 2.81. The summed E-state index contributed by atoms with van der Waals surface area (Å²) in [4.78, 5) is 14.2. The van der Waals surface area contributed by atoms with Crippen LogP contribution in [-0.4, -0.2) is 32.8 Å². The van der Waals surface area contributed by atoms with Gasteiger partial charge in [-0.3, -0.25) is 4.79 Å². The number of alkyl halides is 3. The molecule has 0 saturated heterocycles. The van der Waals surface area contributed by atoms with Gasteiger partial charge in [0.15, 0.2) is 0 Å². The van der Waals surface area contributed by atoms with Gasteiger partial charge in [0.1, 0.15) is 0 Å². The topological polar surface area (TPSA) is 66.5 Å². The molecule has 0 bridgehead atoms. The van der Waals surface area contributed by atoms with Crippen molar-refractivity contribution in [3.63, 3.8) is 0 Å². The molecule has 1 aliphatic rings. The van der Waals surface area contributed by atoms with Gasteiger partial charge in [0.2, 0.25) is 10.0 Å². The first kappa shape index (κ1) is 19.4. The first-order chi connectivity index (χ1) is 12.6. The number of amides is 1. The van der Waals surface area contributed by atoms with Crippen LogP contribution in [0.2, 0.25) is 0 Å². The molecule has 144 valence electrons. The van der Waals surface area contributed by atoms with E-state index in [0.29, 0.717) is 18.5 Å². The summed E-state index contributed by atoms with van der Waals surface area (Å²) in [7, 11) is -2.29. The Morgan fingerprint density at radius 2 is 1.74 bits per heavy atom. The van der Waals surface area contributed by atoms with Gasteiger partial charge in [-0.05, 0) is 61.0 Å². The lowest BCUT2D eigenvalue weighted by Crippen LogP contribution is -2.36. The maximum Gasteiger partial charge on any atom is 0.416 e. The van der Waals surface area contributed by atoms with Gasteiger partial charge in [0.05, 0.1) is 10.5 Å². The Kier molecular flexibility index (Phi) is 5.00. The van der Waals surface area contributed by atoms with E-state index in [1.54, 1.807) is 6.07 Å². The maximum atomic E-state index is 12.7. The third-order valence-electron chi connectivity index (χ3n) is 4.52. The Labute approximate surface area is 154 Å². The van der Waals surface area contributed by atoms with Crippen molar-refractivity contribution in [3.05, 3.63) is 64.7 Å². The molecule has 0 spiro atoms. The van der Waals surface area contributed by atoms with E-state index < -0.39 is 27.7 Å². The number of sulfonamides is 1. The van der Waals surface area contributed by atoms with Gasteiger partial charge < -0.3 is 4.90 Å². The predicted molar refractivity (Wildman–Crippen MR) is 92.6 cm³/mol. The maximum absolute atomic E-state index is 12.7. The van der Waals surface area contributed by atoms with Crippen LogP contribution in [0.1, 0.15) is 27.0 Å². The molecule has 2 aromatic rings.